The van der Waals surface area contributed by atoms with Gasteiger partial charge in [0.15, 0.2) is 5.78 Å². The predicted molar refractivity (Wildman–Crippen MR) is 133 cm³/mol. The van der Waals surface area contributed by atoms with Gasteiger partial charge in [-0.2, -0.15) is 0 Å². The molecule has 0 unspecified atom stereocenters. The molecule has 0 saturated carbocycles. The van der Waals surface area contributed by atoms with Crippen molar-refractivity contribution in [3.05, 3.63) is 111 Å². The van der Waals surface area contributed by atoms with Gasteiger partial charge in [-0.05, 0) is 61.6 Å². The SMILES string of the molecule is Cc1ncsc1C1=C(c2cccnc2)C(=O)c2cc(OCCCCc3ccccc3)ccc21. The van der Waals surface area contributed by atoms with Crippen LogP contribution in [-0.2, 0) is 6.42 Å². The second kappa shape index (κ2) is 9.51. The Morgan fingerprint density at radius 1 is 0.939 bits per heavy atom. The number of rotatable bonds is 8. The number of hydrogen-bond acceptors (Lipinski definition) is 5. The minimum absolute atomic E-state index is 0.00956. The molecule has 1 aliphatic rings. The van der Waals surface area contributed by atoms with Crippen molar-refractivity contribution in [1.82, 2.24) is 9.97 Å². The van der Waals surface area contributed by atoms with Gasteiger partial charge in [-0.25, -0.2) is 4.98 Å². The van der Waals surface area contributed by atoms with Gasteiger partial charge in [0, 0.05) is 34.7 Å². The molecule has 0 radical (unpaired) electrons. The van der Waals surface area contributed by atoms with Crippen molar-refractivity contribution in [3.63, 3.8) is 0 Å². The third-order valence-corrected chi connectivity index (χ3v) is 6.82. The van der Waals surface area contributed by atoms with Crippen LogP contribution in [0, 0.1) is 6.92 Å². The maximum atomic E-state index is 13.5. The molecule has 0 amide bonds. The highest BCUT2D eigenvalue weighted by atomic mass is 32.1. The highest BCUT2D eigenvalue weighted by Crippen LogP contribution is 2.45. The predicted octanol–water partition coefficient (Wildman–Crippen LogP) is 6.40. The molecule has 5 rings (SSSR count). The Morgan fingerprint density at radius 2 is 1.82 bits per heavy atom. The van der Waals surface area contributed by atoms with E-state index in [2.05, 4.69) is 34.2 Å². The molecule has 5 heteroatoms. The zero-order chi connectivity index (χ0) is 22.6. The number of aromatic nitrogens is 2. The van der Waals surface area contributed by atoms with E-state index in [0.717, 1.165) is 52.3 Å². The van der Waals surface area contributed by atoms with Gasteiger partial charge in [-0.15, -0.1) is 11.3 Å². The van der Waals surface area contributed by atoms with E-state index in [0.29, 0.717) is 17.7 Å². The maximum Gasteiger partial charge on any atom is 0.195 e. The molecule has 2 aromatic heterocycles. The summed E-state index contributed by atoms with van der Waals surface area (Å²) in [5, 5.41) is 0. The van der Waals surface area contributed by atoms with Gasteiger partial charge in [0.2, 0.25) is 0 Å². The van der Waals surface area contributed by atoms with Crippen LogP contribution < -0.4 is 4.74 Å². The summed E-state index contributed by atoms with van der Waals surface area (Å²) >= 11 is 1.56. The summed E-state index contributed by atoms with van der Waals surface area (Å²) in [6.45, 7) is 2.61. The zero-order valence-electron chi connectivity index (χ0n) is 18.5. The second-order valence-electron chi connectivity index (χ2n) is 8.09. The van der Waals surface area contributed by atoms with Crippen molar-refractivity contribution < 1.29 is 9.53 Å². The van der Waals surface area contributed by atoms with Gasteiger partial charge in [0.25, 0.3) is 0 Å². The number of ether oxygens (including phenoxy) is 1. The third-order valence-electron chi connectivity index (χ3n) is 5.88. The smallest absolute Gasteiger partial charge is 0.195 e. The van der Waals surface area contributed by atoms with Crippen molar-refractivity contribution in [2.24, 2.45) is 0 Å². The van der Waals surface area contributed by atoms with Crippen molar-refractivity contribution >= 4 is 28.3 Å². The molecular weight excluding hydrogens is 428 g/mol. The van der Waals surface area contributed by atoms with Gasteiger partial charge < -0.3 is 4.74 Å². The molecule has 0 saturated heterocycles. The Bertz CT molecular complexity index is 1310. The van der Waals surface area contributed by atoms with E-state index >= 15 is 0 Å². The average Bonchev–Trinajstić information content (AvgIpc) is 3.40. The van der Waals surface area contributed by atoms with Gasteiger partial charge >= 0.3 is 0 Å². The first-order chi connectivity index (χ1) is 16.2. The minimum atomic E-state index is 0.00956. The Labute approximate surface area is 197 Å². The van der Waals surface area contributed by atoms with E-state index < -0.39 is 0 Å². The molecule has 4 aromatic rings. The molecule has 0 fully saturated rings. The summed E-state index contributed by atoms with van der Waals surface area (Å²) in [6.07, 6.45) is 6.54. The Kier molecular flexibility index (Phi) is 6.13. The molecular formula is C28H24N2O2S. The summed E-state index contributed by atoms with van der Waals surface area (Å²) < 4.78 is 6.02. The summed E-state index contributed by atoms with van der Waals surface area (Å²) in [5.41, 5.74) is 8.17. The molecule has 0 aliphatic heterocycles. The molecule has 33 heavy (non-hydrogen) atoms. The molecule has 0 bridgehead atoms. The van der Waals surface area contributed by atoms with Gasteiger partial charge in [0.05, 0.1) is 22.7 Å². The molecule has 1 aliphatic carbocycles. The van der Waals surface area contributed by atoms with Crippen LogP contribution in [0.4, 0.5) is 0 Å². The maximum absolute atomic E-state index is 13.5. The number of fused-ring (bicyclic) bond motifs is 1. The number of carbonyl (C=O) groups excluding carboxylic acids is 1. The van der Waals surface area contributed by atoms with Crippen LogP contribution in [0.25, 0.3) is 11.1 Å². The van der Waals surface area contributed by atoms with Crippen molar-refractivity contribution in [2.45, 2.75) is 26.2 Å². The highest BCUT2D eigenvalue weighted by molar-refractivity contribution is 7.11. The molecule has 0 spiro atoms. The topological polar surface area (TPSA) is 52.1 Å². The molecule has 2 heterocycles. The van der Waals surface area contributed by atoms with Crippen LogP contribution in [0.2, 0.25) is 0 Å². The fraction of sp³-hybridized carbons (Fsp3) is 0.179. The first-order valence-corrected chi connectivity index (χ1v) is 12.0. The van der Waals surface area contributed by atoms with Crippen LogP contribution in [0.3, 0.4) is 0 Å². The van der Waals surface area contributed by atoms with E-state index in [4.69, 9.17) is 4.74 Å². The van der Waals surface area contributed by atoms with E-state index in [1.165, 1.54) is 5.56 Å². The second-order valence-corrected chi connectivity index (χ2v) is 8.94. The molecule has 2 aromatic carbocycles. The van der Waals surface area contributed by atoms with Crippen molar-refractivity contribution in [1.29, 1.82) is 0 Å². The summed E-state index contributed by atoms with van der Waals surface area (Å²) in [7, 11) is 0. The number of allylic oxidation sites excluding steroid dienone is 1. The van der Waals surface area contributed by atoms with Gasteiger partial charge in [0.1, 0.15) is 5.75 Å². The lowest BCUT2D eigenvalue weighted by atomic mass is 9.99. The number of thiazole rings is 1. The summed E-state index contributed by atoms with van der Waals surface area (Å²) in [6, 6.07) is 20.1. The zero-order valence-corrected chi connectivity index (χ0v) is 19.3. The third kappa shape index (κ3) is 4.37. The van der Waals surface area contributed by atoms with Crippen LogP contribution in [0.15, 0.2) is 78.6 Å². The number of carbonyl (C=O) groups is 1. The van der Waals surface area contributed by atoms with Crippen LogP contribution in [0.5, 0.6) is 5.75 Å². The monoisotopic (exact) mass is 452 g/mol. The molecule has 0 N–H and O–H groups in total. The Morgan fingerprint density at radius 3 is 2.58 bits per heavy atom. The Hall–Kier alpha value is -3.57. The molecule has 164 valence electrons. The fourth-order valence-electron chi connectivity index (χ4n) is 4.23. The van der Waals surface area contributed by atoms with E-state index in [1.54, 1.807) is 23.7 Å². The number of nitrogens with zero attached hydrogens (tertiary/aromatic N) is 2. The number of Topliss-reactive ketones (excluding diaryl/α,β-unsaturated/α-hetero) is 1. The largest absolute Gasteiger partial charge is 0.494 e. The summed E-state index contributed by atoms with van der Waals surface area (Å²) in [5.74, 6) is 0.741. The number of unbranched alkanes of at least 4 members (excludes halogenated alkanes) is 1. The number of benzene rings is 2. The lowest BCUT2D eigenvalue weighted by molar-refractivity contribution is 0.105. The fourth-order valence-corrected chi connectivity index (χ4v) is 5.10. The summed E-state index contributed by atoms with van der Waals surface area (Å²) in [4.78, 5) is 23.2. The van der Waals surface area contributed by atoms with Gasteiger partial charge in [-0.1, -0.05) is 36.4 Å². The number of aryl methyl sites for hydroxylation is 2. The Balaban J connectivity index is 1.36. The van der Waals surface area contributed by atoms with Crippen molar-refractivity contribution in [2.75, 3.05) is 6.61 Å². The van der Waals surface area contributed by atoms with Crippen LogP contribution in [-0.4, -0.2) is 22.4 Å². The van der Waals surface area contributed by atoms with Crippen LogP contribution >= 0.6 is 11.3 Å². The van der Waals surface area contributed by atoms with E-state index in [1.807, 2.05) is 48.8 Å². The lowest BCUT2D eigenvalue weighted by Crippen LogP contribution is -2.02. The molecule has 4 nitrogen and oxygen atoms in total. The number of hydrogen-bond donors (Lipinski definition) is 0. The quantitative estimate of drug-likeness (QED) is 0.290. The minimum Gasteiger partial charge on any atom is -0.494 e. The van der Waals surface area contributed by atoms with E-state index in [-0.39, 0.29) is 5.78 Å². The van der Waals surface area contributed by atoms with Gasteiger partial charge in [-0.3, -0.25) is 9.78 Å². The molecule has 0 atom stereocenters. The standard InChI is InChI=1S/C28H24N2O2S/c1-19-28(33-18-30-19)26-23-13-12-22(32-15-6-5-10-20-8-3-2-4-9-20)16-24(23)27(31)25(26)21-11-7-14-29-17-21/h2-4,7-9,11-14,16-18H,5-6,10,15H2,1H3. The average molecular weight is 453 g/mol. The highest BCUT2D eigenvalue weighted by Gasteiger charge is 2.33. The first kappa shape index (κ1) is 21.3. The normalized spacial score (nSPS) is 12.8. The van der Waals surface area contributed by atoms with Crippen LogP contribution in [0.1, 0.15) is 50.5 Å². The number of pyridine rings is 1. The lowest BCUT2D eigenvalue weighted by Gasteiger charge is -2.09. The van der Waals surface area contributed by atoms with Crippen molar-refractivity contribution in [3.8, 4) is 5.75 Å². The van der Waals surface area contributed by atoms with E-state index in [9.17, 15) is 4.79 Å². The number of ketones is 1. The first-order valence-electron chi connectivity index (χ1n) is 11.1.